The summed E-state index contributed by atoms with van der Waals surface area (Å²) in [6.45, 7) is 0. The third-order valence-electron chi connectivity index (χ3n) is 1.59. The highest BCUT2D eigenvalue weighted by molar-refractivity contribution is 8.93. The van der Waals surface area contributed by atoms with Gasteiger partial charge in [0.2, 0.25) is 0 Å². The molecule has 3 rings (SSSR count). The van der Waals surface area contributed by atoms with E-state index in [4.69, 9.17) is 0 Å². The van der Waals surface area contributed by atoms with Crippen molar-refractivity contribution in [3.05, 3.63) is 35.1 Å². The van der Waals surface area contributed by atoms with E-state index in [2.05, 4.69) is 0 Å². The first kappa shape index (κ1) is 7.66. The molecule has 1 unspecified atom stereocenters. The van der Waals surface area contributed by atoms with Crippen LogP contribution in [0.5, 0.6) is 0 Å². The second-order valence-electron chi connectivity index (χ2n) is 2.14. The van der Waals surface area contributed by atoms with E-state index in [1.54, 1.807) is 0 Å². The Bertz CT molecular complexity index is 256. The molecule has 0 saturated heterocycles. The number of hydrogen-bond acceptors (Lipinski definition) is 0. The number of fused-ring (bicyclic) bond motifs is 2. The van der Waals surface area contributed by atoms with Crippen molar-refractivity contribution in [1.82, 2.24) is 0 Å². The Kier molecular flexibility index (Phi) is 1.77. The van der Waals surface area contributed by atoms with Gasteiger partial charge in [-0.05, 0) is 17.7 Å². The highest BCUT2D eigenvalue weighted by Crippen LogP contribution is 2.37. The maximum atomic E-state index is 12.5. The van der Waals surface area contributed by atoms with Gasteiger partial charge in [0.1, 0.15) is 5.82 Å². The van der Waals surface area contributed by atoms with Crippen molar-refractivity contribution in [2.24, 2.45) is 0 Å². The lowest BCUT2D eigenvalue weighted by molar-refractivity contribution is 0.363. The van der Waals surface area contributed by atoms with Crippen molar-refractivity contribution in [1.29, 1.82) is 0 Å². The van der Waals surface area contributed by atoms with E-state index in [9.17, 15) is 8.78 Å². The average molecular weight is 207 g/mol. The highest BCUT2D eigenvalue weighted by Gasteiger charge is 2.26. The average Bonchev–Trinajstić information content (AvgIpc) is 1.86. The molecule has 1 aromatic carbocycles. The Labute approximate surface area is 67.6 Å². The fraction of sp³-hybridized carbons (Fsp3) is 0.143. The van der Waals surface area contributed by atoms with Crippen LogP contribution in [0.2, 0.25) is 0 Å². The molecule has 0 nitrogen and oxygen atoms in total. The van der Waals surface area contributed by atoms with Gasteiger partial charge < -0.3 is 0 Å². The number of rotatable bonds is 0. The number of halogens is 3. The predicted octanol–water partition coefficient (Wildman–Crippen LogP) is 2.78. The second kappa shape index (κ2) is 2.31. The number of hydrogen-bond donors (Lipinski definition) is 0. The number of benzene rings is 1. The first-order chi connectivity index (χ1) is 4.29. The standard InChI is InChI=1S/C7H4F2.BrH/c8-6-2-1-4-3-5(6)7(4)9;/h1-3,7H;1H. The van der Waals surface area contributed by atoms with Crippen molar-refractivity contribution < 1.29 is 8.78 Å². The molecule has 1 aromatic rings. The largest absolute Gasteiger partial charge is 0.237 e. The molecule has 0 spiro atoms. The van der Waals surface area contributed by atoms with E-state index < -0.39 is 12.0 Å². The Hall–Kier alpha value is -0.440. The van der Waals surface area contributed by atoms with E-state index in [1.165, 1.54) is 18.2 Å². The van der Waals surface area contributed by atoms with E-state index in [0.29, 0.717) is 5.56 Å². The van der Waals surface area contributed by atoms with Crippen molar-refractivity contribution >= 4 is 17.0 Å². The van der Waals surface area contributed by atoms with Crippen molar-refractivity contribution in [3.8, 4) is 0 Å². The van der Waals surface area contributed by atoms with Crippen LogP contribution in [0.3, 0.4) is 0 Å². The summed E-state index contributed by atoms with van der Waals surface area (Å²) in [5.74, 6) is -0.433. The topological polar surface area (TPSA) is 0 Å². The third kappa shape index (κ3) is 0.770. The predicted molar refractivity (Wildman–Crippen MR) is 39.7 cm³/mol. The molecule has 0 aliphatic heterocycles. The van der Waals surface area contributed by atoms with E-state index in [0.717, 1.165) is 0 Å². The van der Waals surface area contributed by atoms with Crippen LogP contribution in [0.15, 0.2) is 18.2 Å². The molecular weight excluding hydrogens is 202 g/mol. The normalized spacial score (nSPS) is 19.2. The molecule has 3 heteroatoms. The zero-order chi connectivity index (χ0) is 6.43. The molecule has 0 radical (unpaired) electrons. The van der Waals surface area contributed by atoms with Gasteiger partial charge in [-0.2, -0.15) is 0 Å². The third-order valence-corrected chi connectivity index (χ3v) is 1.59. The van der Waals surface area contributed by atoms with E-state index in [-0.39, 0.29) is 22.5 Å². The monoisotopic (exact) mass is 206 g/mol. The van der Waals surface area contributed by atoms with Crippen LogP contribution in [0, 0.1) is 5.82 Å². The summed E-state index contributed by atoms with van der Waals surface area (Å²) in [4.78, 5) is 0. The lowest BCUT2D eigenvalue weighted by Crippen LogP contribution is -2.08. The zero-order valence-corrected chi connectivity index (χ0v) is 6.69. The van der Waals surface area contributed by atoms with Crippen LogP contribution in [-0.4, -0.2) is 0 Å². The van der Waals surface area contributed by atoms with Crippen LogP contribution in [-0.2, 0) is 0 Å². The van der Waals surface area contributed by atoms with Crippen LogP contribution in [0.4, 0.5) is 8.78 Å². The maximum absolute atomic E-state index is 12.5. The van der Waals surface area contributed by atoms with Crippen LogP contribution < -0.4 is 0 Å². The van der Waals surface area contributed by atoms with Crippen LogP contribution in [0.1, 0.15) is 17.3 Å². The van der Waals surface area contributed by atoms with E-state index in [1.807, 2.05) is 0 Å². The summed E-state index contributed by atoms with van der Waals surface area (Å²) >= 11 is 0. The van der Waals surface area contributed by atoms with E-state index >= 15 is 0 Å². The molecule has 0 saturated carbocycles. The van der Waals surface area contributed by atoms with Gasteiger partial charge >= 0.3 is 0 Å². The first-order valence-electron chi connectivity index (χ1n) is 2.72. The van der Waals surface area contributed by atoms with Crippen molar-refractivity contribution in [2.75, 3.05) is 0 Å². The minimum atomic E-state index is -1.14. The molecular formula is C7H5BrF2. The molecule has 0 heterocycles. The summed E-state index contributed by atoms with van der Waals surface area (Å²) in [6.07, 6.45) is -1.14. The molecule has 10 heavy (non-hydrogen) atoms. The second-order valence-corrected chi connectivity index (χ2v) is 2.14. The Balaban J connectivity index is 0.000000500. The summed E-state index contributed by atoms with van der Waals surface area (Å²) in [7, 11) is 0. The lowest BCUT2D eigenvalue weighted by Gasteiger charge is -2.19. The Morgan fingerprint density at radius 1 is 1.30 bits per heavy atom. The highest BCUT2D eigenvalue weighted by atomic mass is 79.9. The van der Waals surface area contributed by atoms with Crippen LogP contribution in [0.25, 0.3) is 0 Å². The molecule has 2 bridgehead atoms. The van der Waals surface area contributed by atoms with Gasteiger partial charge in [-0.1, -0.05) is 6.07 Å². The summed E-state index contributed by atoms with van der Waals surface area (Å²) < 4.78 is 24.8. The van der Waals surface area contributed by atoms with Crippen molar-refractivity contribution in [3.63, 3.8) is 0 Å². The fourth-order valence-corrected chi connectivity index (χ4v) is 0.997. The quantitative estimate of drug-likeness (QED) is 0.613. The minimum absolute atomic E-state index is 0. The SMILES string of the molecule is Br.Fc1ccc2cc1C2F. The van der Waals surface area contributed by atoms with Gasteiger partial charge in [-0.25, -0.2) is 8.78 Å². The Morgan fingerprint density at radius 2 is 2.00 bits per heavy atom. The minimum Gasteiger partial charge on any atom is -0.237 e. The maximum Gasteiger partial charge on any atom is 0.153 e. The van der Waals surface area contributed by atoms with Gasteiger partial charge in [0, 0.05) is 5.56 Å². The van der Waals surface area contributed by atoms with Gasteiger partial charge in [0.05, 0.1) is 0 Å². The first-order valence-corrected chi connectivity index (χ1v) is 2.72. The summed E-state index contributed by atoms with van der Waals surface area (Å²) in [6, 6.07) is 4.29. The van der Waals surface area contributed by atoms with Gasteiger partial charge in [0.25, 0.3) is 0 Å². The van der Waals surface area contributed by atoms with Gasteiger partial charge in [0.15, 0.2) is 6.17 Å². The van der Waals surface area contributed by atoms with Crippen molar-refractivity contribution in [2.45, 2.75) is 6.17 Å². The lowest BCUT2D eigenvalue weighted by atomic mass is 9.91. The molecule has 54 valence electrons. The molecule has 1 atom stereocenters. The fourth-order valence-electron chi connectivity index (χ4n) is 0.997. The molecule has 2 aliphatic carbocycles. The smallest absolute Gasteiger partial charge is 0.153 e. The molecule has 0 aromatic heterocycles. The molecule has 2 aliphatic rings. The summed E-state index contributed by atoms with van der Waals surface area (Å²) in [5, 5.41) is 0. The number of alkyl halides is 1. The van der Waals surface area contributed by atoms with Gasteiger partial charge in [-0.15, -0.1) is 17.0 Å². The van der Waals surface area contributed by atoms with Crippen LogP contribution >= 0.6 is 17.0 Å². The Morgan fingerprint density at radius 3 is 2.30 bits per heavy atom. The zero-order valence-electron chi connectivity index (χ0n) is 4.97. The van der Waals surface area contributed by atoms with Gasteiger partial charge in [-0.3, -0.25) is 0 Å². The molecule has 0 fully saturated rings. The molecule has 0 N–H and O–H groups in total. The summed E-state index contributed by atoms with van der Waals surface area (Å²) in [5.41, 5.74) is 0.791. The molecule has 0 amide bonds.